The Morgan fingerprint density at radius 3 is 2.86 bits per heavy atom. The van der Waals surface area contributed by atoms with Gasteiger partial charge < -0.3 is 4.74 Å². The van der Waals surface area contributed by atoms with Crippen molar-refractivity contribution in [3.05, 3.63) is 35.1 Å². The molecular weight excluding hydrogens is 312 g/mol. The predicted molar refractivity (Wildman–Crippen MR) is 80.1 cm³/mol. The number of carbonyl (C=O) groups is 1. The summed E-state index contributed by atoms with van der Waals surface area (Å²) in [5.74, 6) is 0.486. The summed E-state index contributed by atoms with van der Waals surface area (Å²) in [5, 5.41) is 11.9. The number of thioether (sulfide) groups is 1. The van der Waals surface area contributed by atoms with E-state index in [1.54, 1.807) is 16.8 Å². The van der Waals surface area contributed by atoms with E-state index in [0.717, 1.165) is 11.3 Å². The summed E-state index contributed by atoms with van der Waals surface area (Å²) < 4.78 is 6.81. The highest BCUT2D eigenvalue weighted by molar-refractivity contribution is 8.00. The molecule has 0 spiro atoms. The molecule has 2 rings (SSSR count). The van der Waals surface area contributed by atoms with E-state index in [0.29, 0.717) is 17.4 Å². The number of hydrogen-bond donors (Lipinski definition) is 0. The Labute approximate surface area is 131 Å². The predicted octanol–water partition coefficient (Wildman–Crippen LogP) is 2.57. The Bertz CT molecular complexity index is 588. The molecule has 1 heterocycles. The van der Waals surface area contributed by atoms with E-state index in [9.17, 15) is 4.79 Å². The summed E-state index contributed by atoms with van der Waals surface area (Å²) in [7, 11) is 0. The van der Waals surface area contributed by atoms with Gasteiger partial charge in [0.15, 0.2) is 12.4 Å². The third-order valence-corrected chi connectivity index (χ3v) is 3.81. The zero-order valence-corrected chi connectivity index (χ0v) is 13.1. The number of hydrogen-bond acceptors (Lipinski definition) is 6. The number of nitrogens with zero attached hydrogens (tertiary/aromatic N) is 4. The fraction of sp³-hybridized carbons (Fsp3) is 0.385. The van der Waals surface area contributed by atoms with Crippen LogP contribution in [0.2, 0.25) is 5.02 Å². The molecule has 0 saturated heterocycles. The average Bonchev–Trinajstić information content (AvgIpc) is 2.92. The van der Waals surface area contributed by atoms with Crippen LogP contribution in [-0.2, 0) is 22.7 Å². The van der Waals surface area contributed by atoms with Crippen molar-refractivity contribution >= 4 is 29.3 Å². The van der Waals surface area contributed by atoms with Crippen LogP contribution in [0.3, 0.4) is 0 Å². The van der Waals surface area contributed by atoms with E-state index in [1.165, 1.54) is 11.8 Å². The van der Waals surface area contributed by atoms with Crippen LogP contribution in [0.15, 0.2) is 29.2 Å². The molecule has 1 aromatic carbocycles. The van der Waals surface area contributed by atoms with Gasteiger partial charge in [0, 0.05) is 16.5 Å². The molecule has 0 amide bonds. The highest BCUT2D eigenvalue weighted by Gasteiger charge is 2.09. The number of ether oxygens (including phenoxy) is 1. The first-order chi connectivity index (χ1) is 10.2. The maximum atomic E-state index is 11.7. The number of tetrazole rings is 1. The summed E-state index contributed by atoms with van der Waals surface area (Å²) in [6, 6.07) is 7.30. The lowest BCUT2D eigenvalue weighted by Crippen LogP contribution is -2.12. The normalized spacial score (nSPS) is 10.6. The molecule has 0 aliphatic carbocycles. The molecule has 6 nitrogen and oxygen atoms in total. The number of rotatable bonds is 7. The van der Waals surface area contributed by atoms with E-state index >= 15 is 0 Å². The van der Waals surface area contributed by atoms with Gasteiger partial charge in [-0.25, -0.2) is 4.68 Å². The second-order valence-electron chi connectivity index (χ2n) is 4.22. The van der Waals surface area contributed by atoms with Crippen LogP contribution in [0.4, 0.5) is 0 Å². The average molecular weight is 327 g/mol. The molecule has 2 aromatic rings. The number of halogens is 1. The molecule has 0 unspecified atom stereocenters. The van der Waals surface area contributed by atoms with Crippen LogP contribution in [0.5, 0.6) is 0 Å². The Morgan fingerprint density at radius 1 is 1.38 bits per heavy atom. The first kappa shape index (κ1) is 15.8. The summed E-state index contributed by atoms with van der Waals surface area (Å²) in [6.07, 6.45) is 0.915. The molecule has 0 radical (unpaired) electrons. The second kappa shape index (κ2) is 7.99. The Morgan fingerprint density at radius 2 is 2.14 bits per heavy atom. The van der Waals surface area contributed by atoms with Gasteiger partial charge in [0.05, 0.1) is 5.75 Å². The van der Waals surface area contributed by atoms with Crippen molar-refractivity contribution in [3.8, 4) is 0 Å². The van der Waals surface area contributed by atoms with Crippen LogP contribution in [0.25, 0.3) is 0 Å². The van der Waals surface area contributed by atoms with E-state index in [2.05, 4.69) is 15.5 Å². The van der Waals surface area contributed by atoms with Crippen molar-refractivity contribution in [1.29, 1.82) is 0 Å². The smallest absolute Gasteiger partial charge is 0.316 e. The van der Waals surface area contributed by atoms with Crippen molar-refractivity contribution in [2.24, 2.45) is 0 Å². The molecule has 112 valence electrons. The van der Waals surface area contributed by atoms with E-state index in [1.807, 2.05) is 19.1 Å². The van der Waals surface area contributed by atoms with Gasteiger partial charge in [0.2, 0.25) is 0 Å². The maximum absolute atomic E-state index is 11.7. The molecule has 0 aliphatic heterocycles. The highest BCUT2D eigenvalue weighted by atomic mass is 35.5. The third-order valence-electron chi connectivity index (χ3n) is 2.57. The van der Waals surface area contributed by atoms with Crippen LogP contribution in [-0.4, -0.2) is 31.9 Å². The van der Waals surface area contributed by atoms with Gasteiger partial charge in [-0.1, -0.05) is 18.5 Å². The lowest BCUT2D eigenvalue weighted by atomic mass is 10.4. The van der Waals surface area contributed by atoms with Crippen molar-refractivity contribution in [1.82, 2.24) is 20.2 Å². The Balaban J connectivity index is 1.77. The van der Waals surface area contributed by atoms with Crippen molar-refractivity contribution < 1.29 is 9.53 Å². The third kappa shape index (κ3) is 5.02. The molecule has 0 atom stereocenters. The van der Waals surface area contributed by atoms with E-state index < -0.39 is 0 Å². The maximum Gasteiger partial charge on any atom is 0.316 e. The second-order valence-corrected chi connectivity index (χ2v) is 5.71. The standard InChI is InChI=1S/C13H15ClN4O2S/c1-2-7-18-12(15-16-17-18)8-20-13(19)9-21-11-5-3-10(14)4-6-11/h3-6H,2,7-9H2,1H3. The SMILES string of the molecule is CCCn1nnnc1COC(=O)CSc1ccc(Cl)cc1. The van der Waals surface area contributed by atoms with Crippen LogP contribution < -0.4 is 0 Å². The molecule has 0 saturated carbocycles. The van der Waals surface area contributed by atoms with Crippen molar-refractivity contribution in [3.63, 3.8) is 0 Å². The number of carbonyl (C=O) groups excluding carboxylic acids is 1. The lowest BCUT2D eigenvalue weighted by Gasteiger charge is -2.05. The van der Waals surface area contributed by atoms with E-state index in [-0.39, 0.29) is 18.3 Å². The monoisotopic (exact) mass is 326 g/mol. The van der Waals surface area contributed by atoms with Gasteiger partial charge in [-0.15, -0.1) is 16.9 Å². The van der Waals surface area contributed by atoms with Crippen molar-refractivity contribution in [2.75, 3.05) is 5.75 Å². The first-order valence-corrected chi connectivity index (χ1v) is 7.84. The summed E-state index contributed by atoms with van der Waals surface area (Å²) in [6.45, 7) is 2.83. The first-order valence-electron chi connectivity index (χ1n) is 6.48. The zero-order chi connectivity index (χ0) is 15.1. The fourth-order valence-corrected chi connectivity index (χ4v) is 2.39. The minimum atomic E-state index is -0.305. The zero-order valence-electron chi connectivity index (χ0n) is 11.5. The molecule has 0 fully saturated rings. The fourth-order valence-electron chi connectivity index (χ4n) is 1.57. The van der Waals surface area contributed by atoms with Gasteiger partial charge >= 0.3 is 5.97 Å². The molecule has 21 heavy (non-hydrogen) atoms. The lowest BCUT2D eigenvalue weighted by molar-refractivity contribution is -0.142. The Hall–Kier alpha value is -1.60. The molecule has 1 aromatic heterocycles. The van der Waals surface area contributed by atoms with Gasteiger partial charge in [-0.05, 0) is 41.1 Å². The van der Waals surface area contributed by atoms with E-state index in [4.69, 9.17) is 16.3 Å². The Kier molecular flexibility index (Phi) is 6.01. The molecule has 0 bridgehead atoms. The summed E-state index contributed by atoms with van der Waals surface area (Å²) in [4.78, 5) is 12.7. The largest absolute Gasteiger partial charge is 0.457 e. The molecular formula is C13H15ClN4O2S. The van der Waals surface area contributed by atoms with Crippen LogP contribution in [0.1, 0.15) is 19.2 Å². The highest BCUT2D eigenvalue weighted by Crippen LogP contribution is 2.20. The molecule has 0 N–H and O–H groups in total. The van der Waals surface area contributed by atoms with Gasteiger partial charge in [0.1, 0.15) is 0 Å². The summed E-state index contributed by atoms with van der Waals surface area (Å²) in [5.41, 5.74) is 0. The number of benzene rings is 1. The number of esters is 1. The van der Waals surface area contributed by atoms with Crippen LogP contribution >= 0.6 is 23.4 Å². The molecule has 0 aliphatic rings. The quantitative estimate of drug-likeness (QED) is 0.575. The van der Waals surface area contributed by atoms with Crippen molar-refractivity contribution in [2.45, 2.75) is 31.4 Å². The topological polar surface area (TPSA) is 69.9 Å². The van der Waals surface area contributed by atoms with Gasteiger partial charge in [-0.3, -0.25) is 4.79 Å². The number of aryl methyl sites for hydroxylation is 1. The van der Waals surface area contributed by atoms with Crippen LogP contribution in [0, 0.1) is 0 Å². The summed E-state index contributed by atoms with van der Waals surface area (Å²) >= 11 is 7.20. The van der Waals surface area contributed by atoms with Gasteiger partial charge in [0.25, 0.3) is 0 Å². The number of aromatic nitrogens is 4. The van der Waals surface area contributed by atoms with Gasteiger partial charge in [-0.2, -0.15) is 0 Å². The minimum absolute atomic E-state index is 0.0903. The molecule has 8 heteroatoms. The minimum Gasteiger partial charge on any atom is -0.457 e.